The number of hydrogen-bond donors (Lipinski definition) is 3. The zero-order chi connectivity index (χ0) is 26.4. The third kappa shape index (κ3) is 3.56. The number of nitrogens with one attached hydrogen (secondary N) is 1. The number of carbonyl (C=O) groups is 2. The summed E-state index contributed by atoms with van der Waals surface area (Å²) in [7, 11) is 0. The van der Waals surface area contributed by atoms with Crippen molar-refractivity contribution in [1.82, 2.24) is 5.32 Å². The maximum Gasteiger partial charge on any atom is 0.314 e. The molecule has 2 heterocycles. The molecule has 6 aliphatic rings. The van der Waals surface area contributed by atoms with E-state index >= 15 is 0 Å². The highest BCUT2D eigenvalue weighted by molar-refractivity contribution is 5.79. The van der Waals surface area contributed by atoms with Crippen LogP contribution in [0.3, 0.4) is 0 Å². The van der Waals surface area contributed by atoms with Gasteiger partial charge in [-0.05, 0) is 100 Å². The minimum Gasteiger partial charge on any atom is -0.454 e. The number of esters is 2. The molecule has 7 nitrogen and oxygen atoms in total. The second-order valence-electron chi connectivity index (χ2n) is 13.6. The number of allylic oxidation sites excluding steroid dienone is 2. The quantitative estimate of drug-likeness (QED) is 0.389. The minimum atomic E-state index is -1.25. The van der Waals surface area contributed by atoms with Gasteiger partial charge in [0.15, 0.2) is 12.2 Å². The largest absolute Gasteiger partial charge is 0.454 e. The molecular weight excluding hydrogens is 470 g/mol. The van der Waals surface area contributed by atoms with Crippen LogP contribution in [0.4, 0.5) is 0 Å². The Kier molecular flexibility index (Phi) is 5.80. The van der Waals surface area contributed by atoms with E-state index in [4.69, 9.17) is 9.47 Å². The Balaban J connectivity index is 1.18. The van der Waals surface area contributed by atoms with Crippen molar-refractivity contribution in [3.05, 3.63) is 22.3 Å². The average Bonchev–Trinajstić information content (AvgIpc) is 3.23. The Hall–Kier alpha value is -1.70. The monoisotopic (exact) mass is 513 g/mol. The number of rotatable bonds is 4. The molecule has 8 atom stereocenters. The molecule has 2 aliphatic heterocycles. The molecule has 37 heavy (non-hydrogen) atoms. The normalized spacial score (nSPS) is 47.2. The fourth-order valence-electron chi connectivity index (χ4n) is 9.10. The standard InChI is InChI=1S/C30H43NO6/c1-17-7-5-9-27(3)11-13-29(34)19(25(32)36-23(29)21(17)27)15-31-16-20-26(33)37-24-22-18(2)8-6-10-28(22,4)12-14-30(20,24)35/h19-20,23-24,31,34-35H,5-16H2,1-4H3/t19?,20?,23-,24+,27+,28-,29?,30?. The molecule has 0 aromatic heterocycles. The maximum absolute atomic E-state index is 13.1. The first-order valence-corrected chi connectivity index (χ1v) is 14.4. The van der Waals surface area contributed by atoms with E-state index in [2.05, 4.69) is 33.0 Å². The molecule has 6 rings (SSSR count). The van der Waals surface area contributed by atoms with Crippen LogP contribution >= 0.6 is 0 Å². The van der Waals surface area contributed by atoms with Crippen LogP contribution in [0, 0.1) is 22.7 Å². The molecule has 3 N–H and O–H groups in total. The Morgan fingerprint density at radius 2 is 1.14 bits per heavy atom. The van der Waals surface area contributed by atoms with E-state index in [0.717, 1.165) is 62.5 Å². The van der Waals surface area contributed by atoms with Crippen molar-refractivity contribution in [2.45, 2.75) is 115 Å². The smallest absolute Gasteiger partial charge is 0.314 e. The topological polar surface area (TPSA) is 105 Å². The summed E-state index contributed by atoms with van der Waals surface area (Å²) in [6, 6.07) is 0. The van der Waals surface area contributed by atoms with Gasteiger partial charge in [0, 0.05) is 13.1 Å². The van der Waals surface area contributed by atoms with Crippen LogP contribution in [0.25, 0.3) is 0 Å². The third-order valence-electron chi connectivity index (χ3n) is 11.3. The van der Waals surface area contributed by atoms with Gasteiger partial charge in [0.05, 0.1) is 0 Å². The van der Waals surface area contributed by atoms with Crippen LogP contribution in [0.5, 0.6) is 0 Å². The van der Waals surface area contributed by atoms with Gasteiger partial charge in [-0.1, -0.05) is 25.0 Å². The SMILES string of the molecule is CC1=C2[C@H]3OC(=O)C(CNCC4C(=O)O[C@H]5C6=C(C)CCC[C@]6(C)CCC45O)C3(O)CC[C@]2(C)CCC1. The number of hydrogen-bond acceptors (Lipinski definition) is 7. The molecule has 0 spiro atoms. The molecule has 7 heteroatoms. The fraction of sp³-hybridized carbons (Fsp3) is 0.800. The van der Waals surface area contributed by atoms with Crippen LogP contribution in [-0.2, 0) is 19.1 Å². The number of aliphatic hydroxyl groups is 2. The van der Waals surface area contributed by atoms with Gasteiger partial charge < -0.3 is 25.0 Å². The predicted molar refractivity (Wildman–Crippen MR) is 137 cm³/mol. The Labute approximate surface area is 220 Å². The van der Waals surface area contributed by atoms with Crippen molar-refractivity contribution in [2.24, 2.45) is 22.7 Å². The van der Waals surface area contributed by atoms with Gasteiger partial charge in [-0.2, -0.15) is 0 Å². The van der Waals surface area contributed by atoms with Crippen molar-refractivity contribution in [3.63, 3.8) is 0 Å². The molecule has 4 fully saturated rings. The van der Waals surface area contributed by atoms with Gasteiger partial charge in [0.25, 0.3) is 0 Å². The van der Waals surface area contributed by atoms with E-state index in [1.54, 1.807) is 0 Å². The molecule has 204 valence electrons. The predicted octanol–water partition coefficient (Wildman–Crippen LogP) is 3.72. The molecule has 0 aromatic rings. The van der Waals surface area contributed by atoms with Gasteiger partial charge >= 0.3 is 11.9 Å². The van der Waals surface area contributed by atoms with E-state index in [-0.39, 0.29) is 35.9 Å². The van der Waals surface area contributed by atoms with Crippen molar-refractivity contribution in [2.75, 3.05) is 13.1 Å². The lowest BCUT2D eigenvalue weighted by Gasteiger charge is -2.49. The van der Waals surface area contributed by atoms with Crippen molar-refractivity contribution in [1.29, 1.82) is 0 Å². The lowest BCUT2D eigenvalue weighted by molar-refractivity contribution is -0.144. The molecule has 2 saturated carbocycles. The first-order valence-electron chi connectivity index (χ1n) is 14.4. The zero-order valence-corrected chi connectivity index (χ0v) is 22.8. The van der Waals surface area contributed by atoms with Crippen molar-refractivity contribution >= 4 is 11.9 Å². The van der Waals surface area contributed by atoms with Gasteiger partial charge in [-0.25, -0.2) is 0 Å². The Morgan fingerprint density at radius 3 is 1.54 bits per heavy atom. The van der Waals surface area contributed by atoms with E-state index in [1.165, 1.54) is 11.1 Å². The second kappa shape index (κ2) is 8.40. The molecule has 2 saturated heterocycles. The average molecular weight is 514 g/mol. The molecule has 0 radical (unpaired) electrons. The zero-order valence-electron chi connectivity index (χ0n) is 22.8. The minimum absolute atomic E-state index is 0.0187. The van der Waals surface area contributed by atoms with E-state index in [1.807, 2.05) is 0 Å². The van der Waals surface area contributed by atoms with Crippen molar-refractivity contribution < 1.29 is 29.3 Å². The fourth-order valence-corrected chi connectivity index (χ4v) is 9.10. The van der Waals surface area contributed by atoms with Crippen LogP contribution < -0.4 is 5.32 Å². The summed E-state index contributed by atoms with van der Waals surface area (Å²) >= 11 is 0. The molecule has 0 bridgehead atoms. The highest BCUT2D eigenvalue weighted by Gasteiger charge is 2.65. The third-order valence-corrected chi connectivity index (χ3v) is 11.3. The van der Waals surface area contributed by atoms with Crippen molar-refractivity contribution in [3.8, 4) is 0 Å². The number of fused-ring (bicyclic) bond motifs is 6. The van der Waals surface area contributed by atoms with Gasteiger partial charge in [-0.15, -0.1) is 0 Å². The van der Waals surface area contributed by atoms with Crippen LogP contribution in [0.1, 0.15) is 91.9 Å². The van der Waals surface area contributed by atoms with E-state index in [9.17, 15) is 19.8 Å². The molecule has 4 aliphatic carbocycles. The van der Waals surface area contributed by atoms with Gasteiger partial charge in [0.2, 0.25) is 0 Å². The van der Waals surface area contributed by atoms with Gasteiger partial charge in [0.1, 0.15) is 23.0 Å². The molecule has 0 amide bonds. The molecule has 4 unspecified atom stereocenters. The van der Waals surface area contributed by atoms with Crippen LogP contribution in [0.2, 0.25) is 0 Å². The molecular formula is C30H43NO6. The van der Waals surface area contributed by atoms with E-state index in [0.29, 0.717) is 12.8 Å². The summed E-state index contributed by atoms with van der Waals surface area (Å²) in [4.78, 5) is 26.1. The summed E-state index contributed by atoms with van der Waals surface area (Å²) in [5, 5.41) is 26.9. The Morgan fingerprint density at radius 1 is 0.730 bits per heavy atom. The highest BCUT2D eigenvalue weighted by Crippen LogP contribution is 2.58. The summed E-state index contributed by atoms with van der Waals surface area (Å²) < 4.78 is 11.8. The summed E-state index contributed by atoms with van der Waals surface area (Å²) in [6.45, 7) is 9.12. The highest BCUT2D eigenvalue weighted by atomic mass is 16.6. The maximum atomic E-state index is 13.1. The summed E-state index contributed by atoms with van der Waals surface area (Å²) in [5.74, 6) is -2.16. The van der Waals surface area contributed by atoms with E-state index < -0.39 is 35.2 Å². The number of ether oxygens (including phenoxy) is 2. The van der Waals surface area contributed by atoms with Gasteiger partial charge in [-0.3, -0.25) is 9.59 Å². The van der Waals surface area contributed by atoms with Crippen LogP contribution in [-0.4, -0.2) is 58.7 Å². The van der Waals surface area contributed by atoms with Crippen LogP contribution in [0.15, 0.2) is 22.3 Å². The summed E-state index contributed by atoms with van der Waals surface area (Å²) in [6.07, 6.45) is 7.89. The first-order chi connectivity index (χ1) is 17.4. The first kappa shape index (κ1) is 25.6. The molecule has 0 aromatic carbocycles. The number of carbonyl (C=O) groups excluding carboxylic acids is 2. The lowest BCUT2D eigenvalue weighted by Crippen LogP contribution is -2.56. The second-order valence-corrected chi connectivity index (χ2v) is 13.6. The lowest BCUT2D eigenvalue weighted by atomic mass is 9.57. The summed E-state index contributed by atoms with van der Waals surface area (Å²) in [5.41, 5.74) is 2.22. The Bertz CT molecular complexity index is 1010.